The lowest BCUT2D eigenvalue weighted by molar-refractivity contribution is 0.403. The number of unbranched alkanes of at least 4 members (excludes halogenated alkanes) is 7. The van der Waals surface area contributed by atoms with Crippen molar-refractivity contribution in [3.05, 3.63) is 0 Å². The molecule has 0 amide bonds. The second-order valence-electron chi connectivity index (χ2n) is 4.08. The molecule has 0 aromatic carbocycles. The maximum absolute atomic E-state index is 8.70. The van der Waals surface area contributed by atoms with Gasteiger partial charge in [0.1, 0.15) is 0 Å². The summed E-state index contributed by atoms with van der Waals surface area (Å²) in [7, 11) is -3.71. The highest BCUT2D eigenvalue weighted by molar-refractivity contribution is 7.31. The largest absolute Gasteiger partial charge is 0.692 e. The van der Waals surface area contributed by atoms with E-state index in [1.54, 1.807) is 0 Å². The van der Waals surface area contributed by atoms with Gasteiger partial charge in [-0.15, -0.1) is 19.6 Å². The molecule has 0 aromatic heterocycles. The summed E-state index contributed by atoms with van der Waals surface area (Å²) >= 11 is 0. The van der Waals surface area contributed by atoms with Crippen LogP contribution in [-0.4, -0.2) is 33.2 Å². The van der Waals surface area contributed by atoms with Crippen molar-refractivity contribution in [2.75, 3.05) is 13.6 Å². The van der Waals surface area contributed by atoms with E-state index in [0.717, 1.165) is 0 Å². The van der Waals surface area contributed by atoms with Crippen molar-refractivity contribution in [2.45, 2.75) is 58.3 Å². The van der Waals surface area contributed by atoms with Crippen molar-refractivity contribution in [2.24, 2.45) is 0 Å². The van der Waals surface area contributed by atoms with Crippen LogP contribution in [-0.2, 0) is 9.13 Å². The first kappa shape index (κ1) is 25.0. The van der Waals surface area contributed by atoms with Gasteiger partial charge in [0.05, 0.1) is 0 Å². The minimum atomic E-state index is -2.87. The summed E-state index contributed by atoms with van der Waals surface area (Å²) in [5, 5.41) is 3.18. The van der Waals surface area contributed by atoms with E-state index in [9.17, 15) is 0 Å². The maximum atomic E-state index is 8.70. The Kier molecular flexibility index (Phi) is 30.0. The van der Waals surface area contributed by atoms with Crippen molar-refractivity contribution in [1.82, 2.24) is 5.32 Å². The third-order valence-corrected chi connectivity index (χ3v) is 2.28. The molecule has 20 heavy (non-hydrogen) atoms. The van der Waals surface area contributed by atoms with Crippen molar-refractivity contribution >= 4 is 16.5 Å². The van der Waals surface area contributed by atoms with Crippen molar-refractivity contribution in [1.29, 1.82) is 0 Å². The van der Waals surface area contributed by atoms with Gasteiger partial charge in [0, 0.05) is 9.13 Å². The molecule has 0 aliphatic carbocycles. The molecule has 0 saturated heterocycles. The standard InChI is InChI=1S/C11H25N.2HO3P/c1-3-4-5-6-7-8-9-10-11-12-2;2*1-4(2)3/h12H,3-11H2,1-2H3;2*(H-,1,2,3)/p+2. The van der Waals surface area contributed by atoms with Crippen LogP contribution in [0, 0.1) is 0 Å². The Morgan fingerprint density at radius 2 is 1.05 bits per heavy atom. The van der Waals surface area contributed by atoms with Gasteiger partial charge in [-0.25, -0.2) is 0 Å². The van der Waals surface area contributed by atoms with Gasteiger partial charge in [0.2, 0.25) is 0 Å². The maximum Gasteiger partial charge on any atom is 0.692 e. The Balaban J connectivity index is -0.000000297. The Hall–Kier alpha value is -0.0000000000000000416. The van der Waals surface area contributed by atoms with Crippen LogP contribution in [0.5, 0.6) is 0 Å². The summed E-state index contributed by atoms with van der Waals surface area (Å²) in [6.07, 6.45) is 11.3. The van der Waals surface area contributed by atoms with Crippen LogP contribution in [0.1, 0.15) is 58.3 Å². The van der Waals surface area contributed by atoms with Crippen LogP contribution in [0.15, 0.2) is 0 Å². The first-order chi connectivity index (χ1) is 9.38. The minimum absolute atomic E-state index is 1.19. The molecule has 0 rings (SSSR count). The highest BCUT2D eigenvalue weighted by atomic mass is 31.1. The average molecular weight is 333 g/mol. The van der Waals surface area contributed by atoms with Gasteiger partial charge in [-0.3, -0.25) is 0 Å². The lowest BCUT2D eigenvalue weighted by Gasteiger charge is -2.00. The molecule has 0 heterocycles. The Bertz CT molecular complexity index is 189. The number of hydrogen-bond donors (Lipinski definition) is 5. The molecule has 7 nitrogen and oxygen atoms in total. The highest BCUT2D eigenvalue weighted by Crippen LogP contribution is 2.07. The van der Waals surface area contributed by atoms with E-state index in [2.05, 4.69) is 12.2 Å². The van der Waals surface area contributed by atoms with E-state index < -0.39 is 16.5 Å². The number of hydrogen-bond acceptors (Lipinski definition) is 3. The minimum Gasteiger partial charge on any atom is -0.320 e. The van der Waals surface area contributed by atoms with Crippen LogP contribution >= 0.6 is 16.5 Å². The number of nitrogens with one attached hydrogen (secondary N) is 1. The summed E-state index contributed by atoms with van der Waals surface area (Å²) < 4.78 is 17.4. The zero-order chi connectivity index (χ0) is 16.2. The van der Waals surface area contributed by atoms with Gasteiger partial charge in [-0.1, -0.05) is 51.9 Å². The lowest BCUT2D eigenvalue weighted by Crippen LogP contribution is -2.06. The number of rotatable bonds is 9. The molecule has 0 unspecified atom stereocenters. The molecule has 122 valence electrons. The fourth-order valence-corrected chi connectivity index (χ4v) is 1.44. The van der Waals surface area contributed by atoms with E-state index in [0.29, 0.717) is 0 Å². The van der Waals surface area contributed by atoms with Gasteiger partial charge >= 0.3 is 16.5 Å². The van der Waals surface area contributed by atoms with Gasteiger partial charge in [0.15, 0.2) is 0 Å². The van der Waals surface area contributed by atoms with E-state index in [1.807, 2.05) is 7.05 Å². The molecule has 0 radical (unpaired) electrons. The fourth-order valence-electron chi connectivity index (χ4n) is 1.44. The van der Waals surface area contributed by atoms with Crippen LogP contribution < -0.4 is 5.32 Å². The predicted octanol–water partition coefficient (Wildman–Crippen LogP) is 2.60. The van der Waals surface area contributed by atoms with E-state index in [4.69, 9.17) is 28.7 Å². The van der Waals surface area contributed by atoms with Crippen molar-refractivity contribution in [3.8, 4) is 0 Å². The summed E-state index contributed by atoms with van der Waals surface area (Å²) in [6.45, 7) is 3.46. The Morgan fingerprint density at radius 3 is 1.35 bits per heavy atom. The van der Waals surface area contributed by atoms with Crippen molar-refractivity contribution < 1.29 is 28.7 Å². The topological polar surface area (TPSA) is 127 Å². The molecule has 5 N–H and O–H groups in total. The normalized spacial score (nSPS) is 8.90. The smallest absolute Gasteiger partial charge is 0.320 e. The van der Waals surface area contributed by atoms with Crippen LogP contribution in [0.4, 0.5) is 0 Å². The van der Waals surface area contributed by atoms with Crippen LogP contribution in [0.3, 0.4) is 0 Å². The summed E-state index contributed by atoms with van der Waals surface area (Å²) in [4.78, 5) is 28.5. The summed E-state index contributed by atoms with van der Waals surface area (Å²) in [5.41, 5.74) is 0. The van der Waals surface area contributed by atoms with Gasteiger partial charge in [-0.05, 0) is 20.0 Å². The zero-order valence-corrected chi connectivity index (χ0v) is 14.2. The zero-order valence-electron chi connectivity index (χ0n) is 12.4. The lowest BCUT2D eigenvalue weighted by atomic mass is 10.1. The predicted molar refractivity (Wildman–Crippen MR) is 80.6 cm³/mol. The Morgan fingerprint density at radius 1 is 0.750 bits per heavy atom. The first-order valence-electron chi connectivity index (χ1n) is 6.73. The summed E-state index contributed by atoms with van der Waals surface area (Å²) in [5.74, 6) is 0. The third-order valence-electron chi connectivity index (χ3n) is 2.28. The molecule has 0 bridgehead atoms. The molecule has 0 spiro atoms. The van der Waals surface area contributed by atoms with Crippen LogP contribution in [0.25, 0.3) is 0 Å². The fraction of sp³-hybridized carbons (Fsp3) is 1.00. The van der Waals surface area contributed by atoms with E-state index in [1.165, 1.54) is 57.9 Å². The van der Waals surface area contributed by atoms with E-state index >= 15 is 0 Å². The molecular formula is C11H29NO6P2+2. The van der Waals surface area contributed by atoms with Crippen molar-refractivity contribution in [3.63, 3.8) is 0 Å². The highest BCUT2D eigenvalue weighted by Gasteiger charge is 1.93. The Labute approximate surface area is 123 Å². The summed E-state index contributed by atoms with van der Waals surface area (Å²) in [6, 6.07) is 0. The monoisotopic (exact) mass is 333 g/mol. The molecule has 0 fully saturated rings. The molecule has 0 aliphatic heterocycles. The van der Waals surface area contributed by atoms with Gasteiger partial charge in [-0.2, -0.15) is 0 Å². The molecule has 0 aliphatic rings. The SMILES string of the molecule is CCCCCCCCCCNC.O=[P+](O)O.O=[P+](O)O. The molecule has 9 heteroatoms. The molecule has 0 saturated carbocycles. The second kappa shape index (κ2) is 24.0. The third kappa shape index (κ3) is 64.2. The second-order valence-corrected chi connectivity index (χ2v) is 5.09. The quantitative estimate of drug-likeness (QED) is 0.324. The molecule has 0 atom stereocenters. The van der Waals surface area contributed by atoms with Gasteiger partial charge in [0.25, 0.3) is 0 Å². The average Bonchev–Trinajstić information content (AvgIpc) is 2.31. The van der Waals surface area contributed by atoms with E-state index in [-0.39, 0.29) is 0 Å². The molecular weight excluding hydrogens is 304 g/mol. The van der Waals surface area contributed by atoms with Gasteiger partial charge < -0.3 is 5.32 Å². The van der Waals surface area contributed by atoms with Crippen LogP contribution in [0.2, 0.25) is 0 Å². The molecule has 0 aromatic rings. The first-order valence-corrected chi connectivity index (χ1v) is 9.06.